The van der Waals surface area contributed by atoms with Gasteiger partial charge in [-0.2, -0.15) is 0 Å². The zero-order valence-electron chi connectivity index (χ0n) is 15.7. The van der Waals surface area contributed by atoms with E-state index in [0.717, 1.165) is 42.1 Å². The number of hydrogen-bond acceptors (Lipinski definition) is 3. The lowest BCUT2D eigenvalue weighted by Crippen LogP contribution is -2.34. The Labute approximate surface area is 164 Å². The van der Waals surface area contributed by atoms with Crippen molar-refractivity contribution in [1.82, 2.24) is 9.47 Å². The van der Waals surface area contributed by atoms with Crippen molar-refractivity contribution in [2.75, 3.05) is 13.1 Å². The molecule has 0 aliphatic carbocycles. The highest BCUT2D eigenvalue weighted by Gasteiger charge is 2.28. The second-order valence-electron chi connectivity index (χ2n) is 7.09. The second kappa shape index (κ2) is 8.31. The van der Waals surface area contributed by atoms with Gasteiger partial charge in [0.2, 0.25) is 0 Å². The summed E-state index contributed by atoms with van der Waals surface area (Å²) in [6.45, 7) is 2.17. The first kappa shape index (κ1) is 18.3. The van der Waals surface area contributed by atoms with E-state index in [-0.39, 0.29) is 12.6 Å². The average molecular weight is 376 g/mol. The number of hydrogen-bond donors (Lipinski definition) is 1. The van der Waals surface area contributed by atoms with E-state index >= 15 is 0 Å². The lowest BCUT2D eigenvalue weighted by atomic mass is 10.0. The van der Waals surface area contributed by atoms with Gasteiger partial charge in [0.05, 0.1) is 12.6 Å². The quantitative estimate of drug-likeness (QED) is 0.708. The molecule has 1 N–H and O–H groups in total. The molecule has 3 aromatic rings. The maximum Gasteiger partial charge on any atom is 0.317 e. The number of aliphatic carboxylic acids is 1. The molecule has 0 fully saturated rings. The van der Waals surface area contributed by atoms with Crippen molar-refractivity contribution in [2.45, 2.75) is 25.6 Å². The van der Waals surface area contributed by atoms with Crippen LogP contribution in [-0.4, -0.2) is 33.6 Å². The van der Waals surface area contributed by atoms with Gasteiger partial charge in [0.25, 0.3) is 0 Å². The van der Waals surface area contributed by atoms with Crippen LogP contribution in [0.1, 0.15) is 29.3 Å². The molecule has 0 saturated carbocycles. The molecule has 5 heteroatoms. The molecule has 0 spiro atoms. The van der Waals surface area contributed by atoms with Crippen LogP contribution < -0.4 is 4.74 Å². The number of fused-ring (bicyclic) bond motifs is 1. The fourth-order valence-corrected chi connectivity index (χ4v) is 3.88. The Hall–Kier alpha value is -3.05. The van der Waals surface area contributed by atoms with E-state index < -0.39 is 5.97 Å². The van der Waals surface area contributed by atoms with Crippen LogP contribution in [0.5, 0.6) is 5.75 Å². The van der Waals surface area contributed by atoms with Crippen LogP contribution in [0.15, 0.2) is 72.9 Å². The molecule has 144 valence electrons. The van der Waals surface area contributed by atoms with E-state index in [0.29, 0.717) is 6.61 Å². The number of carboxylic acids is 1. The lowest BCUT2D eigenvalue weighted by molar-refractivity contribution is -0.138. The van der Waals surface area contributed by atoms with E-state index in [1.54, 1.807) is 0 Å². The molecular weight excluding hydrogens is 352 g/mol. The first-order valence-electron chi connectivity index (χ1n) is 9.58. The fourth-order valence-electron chi connectivity index (χ4n) is 3.88. The summed E-state index contributed by atoms with van der Waals surface area (Å²) in [5, 5.41) is 9.41. The summed E-state index contributed by atoms with van der Waals surface area (Å²) in [7, 11) is 0. The highest BCUT2D eigenvalue weighted by molar-refractivity contribution is 5.69. The monoisotopic (exact) mass is 376 g/mol. The van der Waals surface area contributed by atoms with Crippen molar-refractivity contribution < 1.29 is 14.6 Å². The van der Waals surface area contributed by atoms with Gasteiger partial charge in [-0.15, -0.1) is 0 Å². The molecular formula is C23H24N2O3. The number of benzene rings is 2. The number of carboxylic acid groups (broad SMARTS) is 1. The molecule has 0 saturated heterocycles. The number of ether oxygens (including phenoxy) is 1. The third kappa shape index (κ3) is 4.10. The second-order valence-corrected chi connectivity index (χ2v) is 7.09. The standard InChI is InChI=1S/C23H24N2O3/c26-22(27)16-25-14-6-13-24-12-5-11-21(24)23(25)19-9-4-10-20(15-19)28-17-18-7-2-1-3-8-18/h1-5,7-12,15,23H,6,13-14,16-17H2,(H,26,27). The summed E-state index contributed by atoms with van der Waals surface area (Å²) in [4.78, 5) is 13.5. The molecule has 1 aromatic heterocycles. The number of aromatic nitrogens is 1. The Morgan fingerprint density at radius 1 is 1.04 bits per heavy atom. The number of aryl methyl sites for hydroxylation is 1. The van der Waals surface area contributed by atoms with Crippen LogP contribution in [-0.2, 0) is 17.9 Å². The predicted molar refractivity (Wildman–Crippen MR) is 107 cm³/mol. The Morgan fingerprint density at radius 3 is 2.71 bits per heavy atom. The van der Waals surface area contributed by atoms with Gasteiger partial charge in [0.1, 0.15) is 12.4 Å². The predicted octanol–water partition coefficient (Wildman–Crippen LogP) is 3.95. The normalized spacial score (nSPS) is 16.9. The Kier molecular flexibility index (Phi) is 5.44. The van der Waals surface area contributed by atoms with Crippen molar-refractivity contribution >= 4 is 5.97 Å². The molecule has 28 heavy (non-hydrogen) atoms. The Morgan fingerprint density at radius 2 is 1.89 bits per heavy atom. The van der Waals surface area contributed by atoms with E-state index in [1.807, 2.05) is 59.5 Å². The molecule has 1 atom stereocenters. The zero-order valence-corrected chi connectivity index (χ0v) is 15.7. The van der Waals surface area contributed by atoms with Crippen LogP contribution in [0.3, 0.4) is 0 Å². The SMILES string of the molecule is O=C(O)CN1CCCn2cccc2C1c1cccc(OCc2ccccc2)c1. The van der Waals surface area contributed by atoms with E-state index in [4.69, 9.17) is 4.74 Å². The molecule has 0 radical (unpaired) electrons. The highest BCUT2D eigenvalue weighted by Crippen LogP contribution is 2.33. The van der Waals surface area contributed by atoms with Crippen LogP contribution in [0.2, 0.25) is 0 Å². The summed E-state index contributed by atoms with van der Waals surface area (Å²) in [6.07, 6.45) is 3.00. The minimum atomic E-state index is -0.804. The van der Waals surface area contributed by atoms with E-state index in [9.17, 15) is 9.90 Å². The summed E-state index contributed by atoms with van der Waals surface area (Å²) >= 11 is 0. The van der Waals surface area contributed by atoms with Crippen molar-refractivity contribution in [3.8, 4) is 5.75 Å². The van der Waals surface area contributed by atoms with Gasteiger partial charge < -0.3 is 14.4 Å². The molecule has 1 aliphatic heterocycles. The fraction of sp³-hybridized carbons (Fsp3) is 0.261. The van der Waals surface area contributed by atoms with Crippen LogP contribution in [0.4, 0.5) is 0 Å². The van der Waals surface area contributed by atoms with Crippen molar-refractivity contribution in [3.63, 3.8) is 0 Å². The summed E-state index contributed by atoms with van der Waals surface area (Å²) in [5.74, 6) is -0.0135. The van der Waals surface area contributed by atoms with Gasteiger partial charge in [-0.25, -0.2) is 0 Å². The van der Waals surface area contributed by atoms with Crippen molar-refractivity contribution in [3.05, 3.63) is 89.7 Å². The van der Waals surface area contributed by atoms with Gasteiger partial charge >= 0.3 is 5.97 Å². The molecule has 0 amide bonds. The van der Waals surface area contributed by atoms with E-state index in [2.05, 4.69) is 22.9 Å². The van der Waals surface area contributed by atoms with Gasteiger partial charge in [0.15, 0.2) is 0 Å². The van der Waals surface area contributed by atoms with Crippen LogP contribution in [0, 0.1) is 0 Å². The van der Waals surface area contributed by atoms with Crippen molar-refractivity contribution in [1.29, 1.82) is 0 Å². The third-order valence-electron chi connectivity index (χ3n) is 5.11. The first-order valence-corrected chi connectivity index (χ1v) is 9.58. The topological polar surface area (TPSA) is 54.7 Å². The number of nitrogens with zero attached hydrogens (tertiary/aromatic N) is 2. The molecule has 5 nitrogen and oxygen atoms in total. The molecule has 2 heterocycles. The largest absolute Gasteiger partial charge is 0.489 e. The molecule has 2 aromatic carbocycles. The van der Waals surface area contributed by atoms with Crippen LogP contribution in [0.25, 0.3) is 0 Å². The Balaban J connectivity index is 1.62. The first-order chi connectivity index (χ1) is 13.7. The van der Waals surface area contributed by atoms with Crippen LogP contribution >= 0.6 is 0 Å². The van der Waals surface area contributed by atoms with Crippen molar-refractivity contribution in [2.24, 2.45) is 0 Å². The zero-order chi connectivity index (χ0) is 19.3. The average Bonchev–Trinajstić information content (AvgIpc) is 3.08. The smallest absolute Gasteiger partial charge is 0.317 e. The minimum Gasteiger partial charge on any atom is -0.489 e. The van der Waals surface area contributed by atoms with E-state index in [1.165, 1.54) is 0 Å². The molecule has 4 rings (SSSR count). The van der Waals surface area contributed by atoms with Gasteiger partial charge in [-0.05, 0) is 41.8 Å². The minimum absolute atomic E-state index is 0.0188. The lowest BCUT2D eigenvalue weighted by Gasteiger charge is -2.29. The number of rotatable bonds is 6. The number of carbonyl (C=O) groups is 1. The highest BCUT2D eigenvalue weighted by atomic mass is 16.5. The summed E-state index contributed by atoms with van der Waals surface area (Å²) < 4.78 is 8.23. The van der Waals surface area contributed by atoms with Gasteiger partial charge in [-0.3, -0.25) is 9.69 Å². The molecule has 0 bridgehead atoms. The van der Waals surface area contributed by atoms with Gasteiger partial charge in [-0.1, -0.05) is 42.5 Å². The maximum atomic E-state index is 11.5. The molecule has 1 unspecified atom stereocenters. The Bertz CT molecular complexity index is 936. The third-order valence-corrected chi connectivity index (χ3v) is 5.11. The summed E-state index contributed by atoms with van der Waals surface area (Å²) in [6, 6.07) is 22.1. The van der Waals surface area contributed by atoms with Gasteiger partial charge in [0, 0.05) is 25.0 Å². The molecule has 1 aliphatic rings. The summed E-state index contributed by atoms with van der Waals surface area (Å²) in [5.41, 5.74) is 3.29. The maximum absolute atomic E-state index is 11.5.